The summed E-state index contributed by atoms with van der Waals surface area (Å²) in [5, 5.41) is 12.3. The summed E-state index contributed by atoms with van der Waals surface area (Å²) in [6.07, 6.45) is 0. The maximum atomic E-state index is 12.5. The fourth-order valence-electron chi connectivity index (χ4n) is 2.68. The minimum Gasteiger partial charge on any atom is -0.348 e. The molecule has 0 unspecified atom stereocenters. The van der Waals surface area contributed by atoms with E-state index in [-0.39, 0.29) is 5.91 Å². The van der Waals surface area contributed by atoms with E-state index in [9.17, 15) is 9.59 Å². The van der Waals surface area contributed by atoms with Gasteiger partial charge >= 0.3 is 0 Å². The van der Waals surface area contributed by atoms with Crippen molar-refractivity contribution in [3.63, 3.8) is 0 Å². The molecule has 27 heavy (non-hydrogen) atoms. The van der Waals surface area contributed by atoms with Crippen molar-refractivity contribution in [2.45, 2.75) is 6.54 Å². The van der Waals surface area contributed by atoms with E-state index in [0.29, 0.717) is 22.7 Å². The highest BCUT2D eigenvalue weighted by Gasteiger charge is 2.09. The van der Waals surface area contributed by atoms with Gasteiger partial charge in [0.1, 0.15) is 0 Å². The van der Waals surface area contributed by atoms with E-state index in [2.05, 4.69) is 5.32 Å². The van der Waals surface area contributed by atoms with Crippen LogP contribution in [-0.2, 0) is 6.54 Å². The standard InChI is InChI=1S/C21H17ClN2O3/c22-19-9-1-4-14(10-19)13-23-20(25)17-7-2-5-15(11-17)16-6-3-8-18(12-16)21(26)24-27/h1-12,27H,13H2,(H,23,25)(H,24,26). The molecule has 0 saturated carbocycles. The summed E-state index contributed by atoms with van der Waals surface area (Å²) in [5.74, 6) is -0.798. The van der Waals surface area contributed by atoms with Crippen LogP contribution in [0.4, 0.5) is 0 Å². The molecule has 0 aliphatic heterocycles. The van der Waals surface area contributed by atoms with Crippen LogP contribution in [0, 0.1) is 0 Å². The Morgan fingerprint density at radius 3 is 2.00 bits per heavy atom. The lowest BCUT2D eigenvalue weighted by Crippen LogP contribution is -2.22. The van der Waals surface area contributed by atoms with E-state index >= 15 is 0 Å². The van der Waals surface area contributed by atoms with Gasteiger partial charge in [0.15, 0.2) is 0 Å². The molecule has 5 nitrogen and oxygen atoms in total. The number of hydroxylamine groups is 1. The molecule has 3 aromatic rings. The van der Waals surface area contributed by atoms with E-state index in [1.807, 2.05) is 24.3 Å². The predicted octanol–water partition coefficient (Wildman–Crippen LogP) is 4.06. The maximum Gasteiger partial charge on any atom is 0.274 e. The molecule has 0 bridgehead atoms. The summed E-state index contributed by atoms with van der Waals surface area (Å²) < 4.78 is 0. The lowest BCUT2D eigenvalue weighted by molar-refractivity contribution is 0.0706. The first-order valence-corrected chi connectivity index (χ1v) is 8.62. The Kier molecular flexibility index (Phi) is 5.86. The van der Waals surface area contributed by atoms with Gasteiger partial charge in [0, 0.05) is 22.7 Å². The van der Waals surface area contributed by atoms with Crippen molar-refractivity contribution < 1.29 is 14.8 Å². The first-order valence-electron chi connectivity index (χ1n) is 8.24. The average molecular weight is 381 g/mol. The van der Waals surface area contributed by atoms with E-state index in [1.165, 1.54) is 0 Å². The van der Waals surface area contributed by atoms with Crippen LogP contribution < -0.4 is 10.8 Å². The van der Waals surface area contributed by atoms with Gasteiger partial charge in [-0.05, 0) is 53.1 Å². The van der Waals surface area contributed by atoms with Crippen LogP contribution in [0.3, 0.4) is 0 Å². The second-order valence-electron chi connectivity index (χ2n) is 5.92. The molecule has 0 spiro atoms. The third-order valence-corrected chi connectivity index (χ3v) is 4.26. The van der Waals surface area contributed by atoms with Crippen LogP contribution in [0.15, 0.2) is 72.8 Å². The summed E-state index contributed by atoms with van der Waals surface area (Å²) in [4.78, 5) is 24.0. The van der Waals surface area contributed by atoms with Gasteiger partial charge in [-0.2, -0.15) is 0 Å². The first kappa shape index (κ1) is 18.6. The Hall–Kier alpha value is -3.15. The van der Waals surface area contributed by atoms with Crippen molar-refractivity contribution in [3.05, 3.63) is 94.5 Å². The van der Waals surface area contributed by atoms with Gasteiger partial charge in [-0.25, -0.2) is 5.48 Å². The lowest BCUT2D eigenvalue weighted by Gasteiger charge is -2.09. The third-order valence-electron chi connectivity index (χ3n) is 4.03. The van der Waals surface area contributed by atoms with E-state index in [1.54, 1.807) is 54.0 Å². The zero-order chi connectivity index (χ0) is 19.2. The molecule has 6 heteroatoms. The Labute approximate surface area is 161 Å². The Morgan fingerprint density at radius 1 is 0.815 bits per heavy atom. The van der Waals surface area contributed by atoms with Gasteiger partial charge < -0.3 is 5.32 Å². The summed E-state index contributed by atoms with van der Waals surface area (Å²) in [5.41, 5.74) is 4.91. The fraction of sp³-hybridized carbons (Fsp3) is 0.0476. The zero-order valence-electron chi connectivity index (χ0n) is 14.3. The van der Waals surface area contributed by atoms with Gasteiger partial charge in [-0.15, -0.1) is 0 Å². The van der Waals surface area contributed by atoms with Crippen LogP contribution in [0.1, 0.15) is 26.3 Å². The molecule has 0 aliphatic rings. The highest BCUT2D eigenvalue weighted by Crippen LogP contribution is 2.22. The summed E-state index contributed by atoms with van der Waals surface area (Å²) >= 11 is 5.95. The van der Waals surface area contributed by atoms with Crippen molar-refractivity contribution in [1.29, 1.82) is 0 Å². The Bertz CT molecular complexity index is 988. The lowest BCUT2D eigenvalue weighted by atomic mass is 10.0. The number of hydrogen-bond acceptors (Lipinski definition) is 3. The van der Waals surface area contributed by atoms with Crippen LogP contribution in [-0.4, -0.2) is 17.0 Å². The van der Waals surface area contributed by atoms with Gasteiger partial charge in [0.25, 0.3) is 11.8 Å². The molecule has 0 heterocycles. The smallest absolute Gasteiger partial charge is 0.274 e. The number of carbonyl (C=O) groups excluding carboxylic acids is 2. The van der Waals surface area contributed by atoms with Crippen LogP contribution in [0.25, 0.3) is 11.1 Å². The highest BCUT2D eigenvalue weighted by atomic mass is 35.5. The number of hydrogen-bond donors (Lipinski definition) is 3. The van der Waals surface area contributed by atoms with Crippen molar-refractivity contribution in [2.24, 2.45) is 0 Å². The van der Waals surface area contributed by atoms with Gasteiger partial charge in [0.05, 0.1) is 0 Å². The van der Waals surface area contributed by atoms with Crippen molar-refractivity contribution in [3.8, 4) is 11.1 Å². The topological polar surface area (TPSA) is 78.4 Å². The zero-order valence-corrected chi connectivity index (χ0v) is 15.0. The van der Waals surface area contributed by atoms with Crippen molar-refractivity contribution in [2.75, 3.05) is 0 Å². The molecule has 0 saturated heterocycles. The SMILES string of the molecule is O=C(NO)c1cccc(-c2cccc(C(=O)NCc3cccc(Cl)c3)c2)c1. The van der Waals surface area contributed by atoms with Crippen molar-refractivity contribution >= 4 is 23.4 Å². The fourth-order valence-corrected chi connectivity index (χ4v) is 2.89. The number of rotatable bonds is 5. The maximum absolute atomic E-state index is 12.5. The van der Waals surface area contributed by atoms with E-state index in [4.69, 9.17) is 16.8 Å². The molecule has 3 aromatic carbocycles. The summed E-state index contributed by atoms with van der Waals surface area (Å²) in [6.45, 7) is 0.371. The van der Waals surface area contributed by atoms with Gasteiger partial charge in [-0.3, -0.25) is 14.8 Å². The van der Waals surface area contributed by atoms with Crippen LogP contribution >= 0.6 is 11.6 Å². The summed E-state index contributed by atoms with van der Waals surface area (Å²) in [6, 6.07) is 21.2. The highest BCUT2D eigenvalue weighted by molar-refractivity contribution is 6.30. The number of halogens is 1. The predicted molar refractivity (Wildman–Crippen MR) is 104 cm³/mol. The molecule has 136 valence electrons. The number of amides is 2. The molecule has 3 rings (SSSR count). The third kappa shape index (κ3) is 4.73. The van der Waals surface area contributed by atoms with E-state index < -0.39 is 5.91 Å². The van der Waals surface area contributed by atoms with Crippen molar-refractivity contribution in [1.82, 2.24) is 10.8 Å². The molecule has 0 aliphatic carbocycles. The normalized spacial score (nSPS) is 10.3. The Morgan fingerprint density at radius 2 is 1.41 bits per heavy atom. The molecule has 0 aromatic heterocycles. The molecule has 3 N–H and O–H groups in total. The number of benzene rings is 3. The van der Waals surface area contributed by atoms with Gasteiger partial charge in [-0.1, -0.05) is 48.0 Å². The number of carbonyl (C=O) groups is 2. The van der Waals surface area contributed by atoms with Crippen LogP contribution in [0.5, 0.6) is 0 Å². The molecule has 0 radical (unpaired) electrons. The monoisotopic (exact) mass is 380 g/mol. The average Bonchev–Trinajstić information content (AvgIpc) is 2.71. The molecular formula is C21H17ClN2O3. The second-order valence-corrected chi connectivity index (χ2v) is 6.35. The molecule has 0 fully saturated rings. The largest absolute Gasteiger partial charge is 0.348 e. The second kappa shape index (κ2) is 8.49. The quantitative estimate of drug-likeness (QED) is 0.461. The van der Waals surface area contributed by atoms with Crippen LogP contribution in [0.2, 0.25) is 5.02 Å². The number of nitrogens with one attached hydrogen (secondary N) is 2. The summed E-state index contributed by atoms with van der Waals surface area (Å²) in [7, 11) is 0. The van der Waals surface area contributed by atoms with Gasteiger partial charge in [0.2, 0.25) is 0 Å². The van der Waals surface area contributed by atoms with E-state index in [0.717, 1.165) is 16.7 Å². The Balaban J connectivity index is 1.77. The minimum atomic E-state index is -0.590. The first-order chi connectivity index (χ1) is 13.1. The molecule has 0 atom stereocenters. The molecular weight excluding hydrogens is 364 g/mol. The minimum absolute atomic E-state index is 0.207. The molecule has 2 amide bonds.